The van der Waals surface area contributed by atoms with Crippen LogP contribution in [0.1, 0.15) is 5.56 Å². The van der Waals surface area contributed by atoms with Gasteiger partial charge in [-0.15, -0.1) is 0 Å². The van der Waals surface area contributed by atoms with Gasteiger partial charge in [0.15, 0.2) is 0 Å². The molecular formula is C21H20N2O5. The molecule has 2 amide bonds. The van der Waals surface area contributed by atoms with Gasteiger partial charge in [-0.05, 0) is 36.1 Å². The van der Waals surface area contributed by atoms with E-state index in [0.717, 1.165) is 16.3 Å². The van der Waals surface area contributed by atoms with Gasteiger partial charge in [0.05, 0.1) is 12.2 Å². The lowest BCUT2D eigenvalue weighted by atomic mass is 10.1. The van der Waals surface area contributed by atoms with E-state index in [9.17, 15) is 14.8 Å². The molecule has 144 valence electrons. The summed E-state index contributed by atoms with van der Waals surface area (Å²) < 4.78 is 10.2. The zero-order valence-corrected chi connectivity index (χ0v) is 15.3. The van der Waals surface area contributed by atoms with Crippen LogP contribution >= 0.6 is 0 Å². The van der Waals surface area contributed by atoms with E-state index in [4.69, 9.17) is 9.47 Å². The Morgan fingerprint density at radius 1 is 1.04 bits per heavy atom. The van der Waals surface area contributed by atoms with E-state index in [2.05, 4.69) is 5.32 Å². The number of nitrogens with one attached hydrogen (secondary N) is 1. The third kappa shape index (κ3) is 4.77. The fourth-order valence-corrected chi connectivity index (χ4v) is 2.64. The van der Waals surface area contributed by atoms with Crippen LogP contribution in [0.3, 0.4) is 0 Å². The van der Waals surface area contributed by atoms with Crippen LogP contribution in [0.5, 0.6) is 5.75 Å². The second-order valence-corrected chi connectivity index (χ2v) is 6.06. The van der Waals surface area contributed by atoms with Crippen LogP contribution in [-0.2, 0) is 4.74 Å². The first-order chi connectivity index (χ1) is 13.5. The van der Waals surface area contributed by atoms with Crippen molar-refractivity contribution in [2.75, 3.05) is 18.2 Å². The molecule has 7 heteroatoms. The van der Waals surface area contributed by atoms with E-state index in [1.54, 1.807) is 30.3 Å². The Balaban J connectivity index is 1.46. The SMILES string of the molecule is Cc1cccc(N(O)C(=O)OCCNC(=O)Oc2cccc3ccccc23)c1. The maximum absolute atomic E-state index is 12.0. The molecule has 0 radical (unpaired) electrons. The van der Waals surface area contributed by atoms with Crippen molar-refractivity contribution in [3.63, 3.8) is 0 Å². The van der Waals surface area contributed by atoms with Crippen LogP contribution in [0.25, 0.3) is 10.8 Å². The number of aryl methyl sites for hydroxylation is 1. The molecule has 3 aromatic rings. The van der Waals surface area contributed by atoms with Crippen LogP contribution in [0.15, 0.2) is 66.7 Å². The van der Waals surface area contributed by atoms with E-state index < -0.39 is 12.2 Å². The molecule has 7 nitrogen and oxygen atoms in total. The van der Waals surface area contributed by atoms with Crippen LogP contribution in [0.2, 0.25) is 0 Å². The van der Waals surface area contributed by atoms with Gasteiger partial charge in [0.1, 0.15) is 12.4 Å². The molecule has 0 spiro atoms. The summed E-state index contributed by atoms with van der Waals surface area (Å²) in [5.41, 5.74) is 1.19. The van der Waals surface area contributed by atoms with E-state index >= 15 is 0 Å². The van der Waals surface area contributed by atoms with Crippen LogP contribution in [0.4, 0.5) is 15.3 Å². The van der Waals surface area contributed by atoms with Gasteiger partial charge in [0, 0.05) is 5.39 Å². The molecular weight excluding hydrogens is 360 g/mol. The Hall–Kier alpha value is -3.58. The number of carbonyl (C=O) groups is 2. The second-order valence-electron chi connectivity index (χ2n) is 6.06. The highest BCUT2D eigenvalue weighted by Gasteiger charge is 2.15. The summed E-state index contributed by atoms with van der Waals surface area (Å²) in [7, 11) is 0. The molecule has 0 heterocycles. The number of anilines is 1. The molecule has 0 atom stereocenters. The van der Waals surface area contributed by atoms with Gasteiger partial charge >= 0.3 is 12.2 Å². The normalized spacial score (nSPS) is 10.4. The molecule has 0 fully saturated rings. The standard InChI is InChI=1S/C21H20N2O5/c1-15-6-4-9-17(14-15)23(26)21(25)27-13-12-22-20(24)28-19-11-5-8-16-7-2-3-10-18(16)19/h2-11,14,26H,12-13H2,1H3,(H,22,24). The minimum absolute atomic E-state index is 0.0387. The fraction of sp³-hybridized carbons (Fsp3) is 0.143. The van der Waals surface area contributed by atoms with Gasteiger partial charge < -0.3 is 14.8 Å². The molecule has 0 saturated carbocycles. The highest BCUT2D eigenvalue weighted by molar-refractivity contribution is 5.90. The number of hydrogen-bond acceptors (Lipinski definition) is 5. The van der Waals surface area contributed by atoms with Crippen molar-refractivity contribution in [3.05, 3.63) is 72.3 Å². The lowest BCUT2D eigenvalue weighted by Crippen LogP contribution is -2.33. The average molecular weight is 380 g/mol. The quantitative estimate of drug-likeness (QED) is 0.392. The van der Waals surface area contributed by atoms with E-state index in [1.807, 2.05) is 43.3 Å². The Bertz CT molecular complexity index is 984. The number of hydroxylamine groups is 1. The number of nitrogens with zero attached hydrogens (tertiary/aromatic N) is 1. The molecule has 0 aliphatic carbocycles. The molecule has 0 aliphatic rings. The summed E-state index contributed by atoms with van der Waals surface area (Å²) in [4.78, 5) is 23.8. The van der Waals surface area contributed by atoms with Gasteiger partial charge in [0.2, 0.25) is 0 Å². The van der Waals surface area contributed by atoms with Crippen molar-refractivity contribution in [1.82, 2.24) is 5.32 Å². The summed E-state index contributed by atoms with van der Waals surface area (Å²) >= 11 is 0. The third-order valence-corrected chi connectivity index (χ3v) is 3.97. The third-order valence-electron chi connectivity index (χ3n) is 3.97. The van der Waals surface area contributed by atoms with Gasteiger partial charge in [0.25, 0.3) is 0 Å². The highest BCUT2D eigenvalue weighted by atomic mass is 16.6. The first-order valence-corrected chi connectivity index (χ1v) is 8.70. The van der Waals surface area contributed by atoms with Crippen LogP contribution in [-0.4, -0.2) is 30.5 Å². The predicted molar refractivity (Wildman–Crippen MR) is 105 cm³/mol. The van der Waals surface area contributed by atoms with Crippen molar-refractivity contribution in [1.29, 1.82) is 0 Å². The van der Waals surface area contributed by atoms with Gasteiger partial charge in [-0.2, -0.15) is 5.06 Å². The Morgan fingerprint density at radius 3 is 2.61 bits per heavy atom. The molecule has 0 unspecified atom stereocenters. The lowest BCUT2D eigenvalue weighted by molar-refractivity contribution is 0.120. The molecule has 0 aliphatic heterocycles. The van der Waals surface area contributed by atoms with Crippen molar-refractivity contribution in [3.8, 4) is 5.75 Å². The summed E-state index contributed by atoms with van der Waals surface area (Å²) in [5.74, 6) is 0.438. The van der Waals surface area contributed by atoms with Crippen molar-refractivity contribution in [2.45, 2.75) is 6.92 Å². The number of carbonyl (C=O) groups excluding carboxylic acids is 2. The van der Waals surface area contributed by atoms with Crippen LogP contribution < -0.4 is 15.1 Å². The molecule has 3 aromatic carbocycles. The van der Waals surface area contributed by atoms with Crippen molar-refractivity contribution in [2.24, 2.45) is 0 Å². The monoisotopic (exact) mass is 380 g/mol. The maximum atomic E-state index is 12.0. The summed E-state index contributed by atoms with van der Waals surface area (Å²) in [6.07, 6.45) is -1.60. The van der Waals surface area contributed by atoms with Gasteiger partial charge in [-0.3, -0.25) is 5.21 Å². The minimum atomic E-state index is -0.935. The summed E-state index contributed by atoms with van der Waals surface area (Å²) in [6.45, 7) is 1.76. The topological polar surface area (TPSA) is 88.1 Å². The Morgan fingerprint density at radius 2 is 1.79 bits per heavy atom. The van der Waals surface area contributed by atoms with E-state index in [1.165, 1.54) is 0 Å². The maximum Gasteiger partial charge on any atom is 0.438 e. The van der Waals surface area contributed by atoms with Gasteiger partial charge in [-0.25, -0.2) is 9.59 Å². The first kappa shape index (κ1) is 19.2. The molecule has 28 heavy (non-hydrogen) atoms. The van der Waals surface area contributed by atoms with E-state index in [-0.39, 0.29) is 13.2 Å². The Labute approximate surface area is 162 Å². The number of rotatable bonds is 5. The minimum Gasteiger partial charge on any atom is -0.446 e. The molecule has 2 N–H and O–H groups in total. The highest BCUT2D eigenvalue weighted by Crippen LogP contribution is 2.25. The molecule has 0 bridgehead atoms. The first-order valence-electron chi connectivity index (χ1n) is 8.70. The van der Waals surface area contributed by atoms with Crippen molar-refractivity contribution >= 4 is 28.6 Å². The predicted octanol–water partition coefficient (Wildman–Crippen LogP) is 4.27. The second kappa shape index (κ2) is 8.88. The fourth-order valence-electron chi connectivity index (χ4n) is 2.64. The lowest BCUT2D eigenvalue weighted by Gasteiger charge is -2.15. The van der Waals surface area contributed by atoms with E-state index in [0.29, 0.717) is 16.5 Å². The average Bonchev–Trinajstić information content (AvgIpc) is 2.71. The molecule has 0 aromatic heterocycles. The molecule has 3 rings (SSSR count). The zero-order valence-electron chi connectivity index (χ0n) is 15.3. The number of ether oxygens (including phenoxy) is 2. The number of amides is 2. The zero-order chi connectivity index (χ0) is 19.9. The van der Waals surface area contributed by atoms with Gasteiger partial charge in [-0.1, -0.05) is 48.5 Å². The van der Waals surface area contributed by atoms with Crippen LogP contribution in [0, 0.1) is 6.92 Å². The number of benzene rings is 3. The summed E-state index contributed by atoms with van der Waals surface area (Å²) in [5, 5.41) is 14.6. The largest absolute Gasteiger partial charge is 0.446 e. The number of fused-ring (bicyclic) bond motifs is 1. The van der Waals surface area contributed by atoms with Crippen molar-refractivity contribution < 1.29 is 24.3 Å². The smallest absolute Gasteiger partial charge is 0.438 e. The summed E-state index contributed by atoms with van der Waals surface area (Å²) in [6, 6.07) is 19.8. The number of hydrogen-bond donors (Lipinski definition) is 2. The molecule has 0 saturated heterocycles. The Kier molecular flexibility index (Phi) is 6.08.